The number of thioether (sulfide) groups is 1. The molecule has 1 fully saturated rings. The van der Waals surface area contributed by atoms with Crippen LogP contribution in [0, 0.1) is 0 Å². The highest BCUT2D eigenvalue weighted by Gasteiger charge is 2.34. The summed E-state index contributed by atoms with van der Waals surface area (Å²) in [7, 11) is 0. The van der Waals surface area contributed by atoms with Crippen LogP contribution in [0.4, 0.5) is 5.13 Å². The van der Waals surface area contributed by atoms with E-state index in [9.17, 15) is 9.59 Å². The van der Waals surface area contributed by atoms with Crippen molar-refractivity contribution in [3.05, 3.63) is 45.9 Å². The van der Waals surface area contributed by atoms with E-state index in [2.05, 4.69) is 10.3 Å². The summed E-state index contributed by atoms with van der Waals surface area (Å²) >= 11 is 9.21. The van der Waals surface area contributed by atoms with Crippen LogP contribution in [0.5, 0.6) is 0 Å². The number of carbonyl (C=O) groups is 2. The lowest BCUT2D eigenvalue weighted by molar-refractivity contribution is -0.135. The Morgan fingerprint density at radius 2 is 2.20 bits per heavy atom. The van der Waals surface area contributed by atoms with Crippen molar-refractivity contribution in [2.45, 2.75) is 25.8 Å². The minimum absolute atomic E-state index is 0.00342. The maximum absolute atomic E-state index is 12.5. The molecule has 1 N–H and O–H groups in total. The van der Waals surface area contributed by atoms with Gasteiger partial charge in [-0.15, -0.1) is 23.1 Å². The molecule has 1 saturated heterocycles. The van der Waals surface area contributed by atoms with E-state index in [0.717, 1.165) is 15.5 Å². The van der Waals surface area contributed by atoms with Crippen molar-refractivity contribution in [3.63, 3.8) is 0 Å². The lowest BCUT2D eigenvalue weighted by Crippen LogP contribution is -2.44. The van der Waals surface area contributed by atoms with Crippen molar-refractivity contribution in [1.82, 2.24) is 9.88 Å². The lowest BCUT2D eigenvalue weighted by Gasteiger charge is -2.21. The lowest BCUT2D eigenvalue weighted by atomic mass is 10.1. The number of hydrogen-bond acceptors (Lipinski definition) is 5. The highest BCUT2D eigenvalue weighted by atomic mass is 35.5. The molecule has 0 aliphatic carbocycles. The fourth-order valence-electron chi connectivity index (χ4n) is 2.57. The van der Waals surface area contributed by atoms with Crippen LogP contribution in [0.3, 0.4) is 0 Å². The molecule has 1 aromatic carbocycles. The van der Waals surface area contributed by atoms with Crippen LogP contribution in [-0.4, -0.2) is 39.4 Å². The van der Waals surface area contributed by atoms with Crippen molar-refractivity contribution < 1.29 is 9.59 Å². The Kier molecular flexibility index (Phi) is 5.98. The van der Waals surface area contributed by atoms with Crippen LogP contribution < -0.4 is 5.32 Å². The van der Waals surface area contributed by atoms with E-state index >= 15 is 0 Å². The molecule has 3 rings (SSSR count). The second-order valence-electron chi connectivity index (χ2n) is 5.62. The van der Waals surface area contributed by atoms with Gasteiger partial charge in [-0.05, 0) is 11.6 Å². The number of aromatic nitrogens is 1. The zero-order valence-electron chi connectivity index (χ0n) is 13.7. The first-order chi connectivity index (χ1) is 12.1. The first-order valence-electron chi connectivity index (χ1n) is 7.94. The molecule has 1 aliphatic rings. The standard InChI is InChI=1S/C17H18ClN3O2S2/c1-2-15(22)21-10-24-9-14(21)16(23)20-17-19-8-12(25-17)7-11-5-3-4-6-13(11)18/h3-6,8,14H,2,7,9-10H2,1H3,(H,19,20,23). The van der Waals surface area contributed by atoms with Gasteiger partial charge in [-0.25, -0.2) is 4.98 Å². The first kappa shape index (κ1) is 18.2. The second kappa shape index (κ2) is 8.21. The zero-order chi connectivity index (χ0) is 17.8. The molecule has 1 atom stereocenters. The first-order valence-corrected chi connectivity index (χ1v) is 10.3. The average molecular weight is 396 g/mol. The Balaban J connectivity index is 1.64. The molecule has 8 heteroatoms. The number of thiazole rings is 1. The quantitative estimate of drug-likeness (QED) is 0.839. The van der Waals surface area contributed by atoms with Crippen molar-refractivity contribution in [3.8, 4) is 0 Å². The fourth-order valence-corrected chi connectivity index (χ4v) is 4.80. The number of hydrogen-bond donors (Lipinski definition) is 1. The molecule has 2 heterocycles. The van der Waals surface area contributed by atoms with Gasteiger partial charge >= 0.3 is 0 Å². The molecule has 25 heavy (non-hydrogen) atoms. The van der Waals surface area contributed by atoms with Crippen molar-refractivity contribution in [2.24, 2.45) is 0 Å². The summed E-state index contributed by atoms with van der Waals surface area (Å²) in [6.45, 7) is 1.81. The van der Waals surface area contributed by atoms with Crippen LogP contribution >= 0.6 is 34.7 Å². The zero-order valence-corrected chi connectivity index (χ0v) is 16.1. The molecule has 5 nitrogen and oxygen atoms in total. The van der Waals surface area contributed by atoms with Gasteiger partial charge in [0.05, 0.1) is 5.88 Å². The largest absolute Gasteiger partial charge is 0.321 e. The molecule has 1 unspecified atom stereocenters. The normalized spacial score (nSPS) is 16.9. The Bertz CT molecular complexity index is 781. The summed E-state index contributed by atoms with van der Waals surface area (Å²) in [5, 5.41) is 4.11. The molecule has 2 amide bonds. The molecule has 1 aromatic heterocycles. The van der Waals surface area contributed by atoms with Gasteiger partial charge in [0.15, 0.2) is 5.13 Å². The van der Waals surface area contributed by atoms with E-state index < -0.39 is 6.04 Å². The number of rotatable bonds is 5. The molecule has 132 valence electrons. The van der Waals surface area contributed by atoms with Crippen LogP contribution in [0.1, 0.15) is 23.8 Å². The van der Waals surface area contributed by atoms with Gasteiger partial charge in [0, 0.05) is 34.7 Å². The fraction of sp³-hybridized carbons (Fsp3) is 0.353. The predicted molar refractivity (Wildman–Crippen MR) is 103 cm³/mol. The molecular weight excluding hydrogens is 378 g/mol. The van der Waals surface area contributed by atoms with Crippen molar-refractivity contribution in [1.29, 1.82) is 0 Å². The predicted octanol–water partition coefficient (Wildman–Crippen LogP) is 3.64. The van der Waals surface area contributed by atoms with Gasteiger partial charge in [0.2, 0.25) is 11.8 Å². The monoisotopic (exact) mass is 395 g/mol. The highest BCUT2D eigenvalue weighted by Crippen LogP contribution is 2.26. The Hall–Kier alpha value is -1.57. The number of halogens is 1. The average Bonchev–Trinajstić information content (AvgIpc) is 3.25. The molecule has 0 spiro atoms. The summed E-state index contributed by atoms with van der Waals surface area (Å²) in [6, 6.07) is 7.25. The Morgan fingerprint density at radius 3 is 2.96 bits per heavy atom. The summed E-state index contributed by atoms with van der Waals surface area (Å²) in [5.74, 6) is 1.02. The van der Waals surface area contributed by atoms with Gasteiger partial charge in [0.25, 0.3) is 0 Å². The molecular formula is C17H18ClN3O2S2. The van der Waals surface area contributed by atoms with E-state index in [1.165, 1.54) is 11.3 Å². The smallest absolute Gasteiger partial charge is 0.249 e. The van der Waals surface area contributed by atoms with Crippen LogP contribution in [0.15, 0.2) is 30.5 Å². The maximum atomic E-state index is 12.5. The van der Waals surface area contributed by atoms with Crippen LogP contribution in [0.2, 0.25) is 5.02 Å². The van der Waals surface area contributed by atoms with E-state index in [4.69, 9.17) is 11.6 Å². The molecule has 0 saturated carbocycles. The molecule has 0 radical (unpaired) electrons. The Labute approximate surface area is 159 Å². The third-order valence-corrected chi connectivity index (χ3v) is 6.21. The number of anilines is 1. The van der Waals surface area contributed by atoms with E-state index in [0.29, 0.717) is 29.6 Å². The van der Waals surface area contributed by atoms with Gasteiger partial charge in [-0.2, -0.15) is 0 Å². The Morgan fingerprint density at radius 1 is 1.40 bits per heavy atom. The number of benzene rings is 1. The topological polar surface area (TPSA) is 62.3 Å². The van der Waals surface area contributed by atoms with Gasteiger partial charge < -0.3 is 10.2 Å². The van der Waals surface area contributed by atoms with E-state index in [-0.39, 0.29) is 11.8 Å². The van der Waals surface area contributed by atoms with Crippen LogP contribution in [-0.2, 0) is 16.0 Å². The summed E-state index contributed by atoms with van der Waals surface area (Å²) in [6.07, 6.45) is 2.83. The van der Waals surface area contributed by atoms with E-state index in [1.807, 2.05) is 31.2 Å². The van der Waals surface area contributed by atoms with Crippen LogP contribution in [0.25, 0.3) is 0 Å². The van der Waals surface area contributed by atoms with Crippen molar-refractivity contribution in [2.75, 3.05) is 16.9 Å². The van der Waals surface area contributed by atoms with Crippen molar-refractivity contribution >= 4 is 51.6 Å². The maximum Gasteiger partial charge on any atom is 0.249 e. The van der Waals surface area contributed by atoms with Gasteiger partial charge in [0.1, 0.15) is 6.04 Å². The summed E-state index contributed by atoms with van der Waals surface area (Å²) < 4.78 is 0. The third kappa shape index (κ3) is 4.34. The number of nitrogens with one attached hydrogen (secondary N) is 1. The van der Waals surface area contributed by atoms with E-state index in [1.54, 1.807) is 22.9 Å². The number of carbonyl (C=O) groups excluding carboxylic acids is 2. The summed E-state index contributed by atoms with van der Waals surface area (Å²) in [4.78, 5) is 31.4. The number of nitrogens with zero attached hydrogens (tertiary/aromatic N) is 2. The SMILES string of the molecule is CCC(=O)N1CSCC1C(=O)Nc1ncc(Cc2ccccc2Cl)s1. The molecule has 2 aromatic rings. The highest BCUT2D eigenvalue weighted by molar-refractivity contribution is 7.99. The second-order valence-corrected chi connectivity index (χ2v) is 8.14. The minimum Gasteiger partial charge on any atom is -0.321 e. The minimum atomic E-state index is -0.423. The number of amides is 2. The van der Waals surface area contributed by atoms with Gasteiger partial charge in [-0.1, -0.05) is 36.7 Å². The summed E-state index contributed by atoms with van der Waals surface area (Å²) in [5.41, 5.74) is 1.03. The third-order valence-electron chi connectivity index (χ3n) is 3.91. The van der Waals surface area contributed by atoms with Gasteiger partial charge in [-0.3, -0.25) is 9.59 Å². The molecule has 0 bridgehead atoms. The molecule has 1 aliphatic heterocycles.